The van der Waals surface area contributed by atoms with E-state index in [4.69, 9.17) is 0 Å². The van der Waals surface area contributed by atoms with Crippen LogP contribution < -0.4 is 5.32 Å². The van der Waals surface area contributed by atoms with Crippen molar-refractivity contribution in [3.63, 3.8) is 0 Å². The Morgan fingerprint density at radius 3 is 2.77 bits per heavy atom. The molecule has 1 heterocycles. The lowest BCUT2D eigenvalue weighted by molar-refractivity contribution is 0.593. The first-order valence-electron chi connectivity index (χ1n) is 4.87. The summed E-state index contributed by atoms with van der Waals surface area (Å²) in [6, 6.07) is 0. The Hall–Kier alpha value is -0.990. The molecule has 3 heteroatoms. The fraction of sp³-hybridized carbons (Fsp3) is 0.700. The van der Waals surface area contributed by atoms with E-state index in [1.54, 1.807) is 0 Å². The SMILES string of the molecule is CCC(C)CNc1cn(C)nc1C. The minimum absolute atomic E-state index is 0.722. The van der Waals surface area contributed by atoms with Crippen molar-refractivity contribution in [1.29, 1.82) is 0 Å². The van der Waals surface area contributed by atoms with Crippen molar-refractivity contribution in [3.8, 4) is 0 Å². The van der Waals surface area contributed by atoms with Crippen molar-refractivity contribution in [2.24, 2.45) is 13.0 Å². The predicted molar refractivity (Wildman–Crippen MR) is 55.9 cm³/mol. The highest BCUT2D eigenvalue weighted by Gasteiger charge is 2.03. The Morgan fingerprint density at radius 2 is 2.31 bits per heavy atom. The van der Waals surface area contributed by atoms with Crippen LogP contribution >= 0.6 is 0 Å². The summed E-state index contributed by atoms with van der Waals surface area (Å²) in [7, 11) is 1.95. The fourth-order valence-electron chi connectivity index (χ4n) is 1.20. The zero-order chi connectivity index (χ0) is 9.84. The molecule has 1 aromatic heterocycles. The molecule has 0 aliphatic carbocycles. The van der Waals surface area contributed by atoms with E-state index < -0.39 is 0 Å². The summed E-state index contributed by atoms with van der Waals surface area (Å²) in [6.07, 6.45) is 3.24. The Bertz CT molecular complexity index is 265. The number of nitrogens with zero attached hydrogens (tertiary/aromatic N) is 2. The lowest BCUT2D eigenvalue weighted by Crippen LogP contribution is -2.10. The van der Waals surface area contributed by atoms with Crippen LogP contribution in [-0.4, -0.2) is 16.3 Å². The molecule has 1 rings (SSSR count). The molecule has 3 nitrogen and oxygen atoms in total. The number of hydrogen-bond acceptors (Lipinski definition) is 2. The minimum Gasteiger partial charge on any atom is -0.382 e. The zero-order valence-electron chi connectivity index (χ0n) is 8.96. The Kier molecular flexibility index (Phi) is 3.34. The maximum Gasteiger partial charge on any atom is 0.0824 e. The van der Waals surface area contributed by atoms with Crippen LogP contribution in [0, 0.1) is 12.8 Å². The molecule has 0 fully saturated rings. The number of rotatable bonds is 4. The van der Waals surface area contributed by atoms with Gasteiger partial charge in [-0.2, -0.15) is 5.10 Å². The summed E-state index contributed by atoms with van der Waals surface area (Å²) < 4.78 is 1.84. The number of aryl methyl sites for hydroxylation is 2. The lowest BCUT2D eigenvalue weighted by Gasteiger charge is -2.09. The highest BCUT2D eigenvalue weighted by atomic mass is 15.3. The van der Waals surface area contributed by atoms with Gasteiger partial charge in [0.2, 0.25) is 0 Å². The fourth-order valence-corrected chi connectivity index (χ4v) is 1.20. The molecule has 0 bridgehead atoms. The smallest absolute Gasteiger partial charge is 0.0824 e. The second-order valence-corrected chi connectivity index (χ2v) is 3.70. The third kappa shape index (κ3) is 2.76. The summed E-state index contributed by atoms with van der Waals surface area (Å²) in [6.45, 7) is 7.52. The number of aromatic nitrogens is 2. The molecule has 0 amide bonds. The number of nitrogens with one attached hydrogen (secondary N) is 1. The van der Waals surface area contributed by atoms with Gasteiger partial charge in [-0.15, -0.1) is 0 Å². The molecule has 1 aromatic rings. The van der Waals surface area contributed by atoms with E-state index in [2.05, 4.69) is 24.3 Å². The van der Waals surface area contributed by atoms with Gasteiger partial charge >= 0.3 is 0 Å². The van der Waals surface area contributed by atoms with Crippen LogP contribution in [0.15, 0.2) is 6.20 Å². The van der Waals surface area contributed by atoms with Crippen molar-refractivity contribution in [1.82, 2.24) is 9.78 Å². The first kappa shape index (κ1) is 10.1. The Morgan fingerprint density at radius 1 is 1.62 bits per heavy atom. The maximum atomic E-state index is 4.27. The Labute approximate surface area is 80.1 Å². The molecule has 1 atom stereocenters. The average molecular weight is 181 g/mol. The van der Waals surface area contributed by atoms with Crippen molar-refractivity contribution in [2.45, 2.75) is 27.2 Å². The van der Waals surface area contributed by atoms with Crippen molar-refractivity contribution in [3.05, 3.63) is 11.9 Å². The Balaban J connectivity index is 2.49. The molecular weight excluding hydrogens is 162 g/mol. The van der Waals surface area contributed by atoms with E-state index in [1.807, 2.05) is 24.9 Å². The minimum atomic E-state index is 0.722. The van der Waals surface area contributed by atoms with E-state index in [1.165, 1.54) is 6.42 Å². The molecule has 0 radical (unpaired) electrons. The molecule has 0 aliphatic rings. The van der Waals surface area contributed by atoms with Gasteiger partial charge in [0.05, 0.1) is 11.4 Å². The number of hydrogen-bond donors (Lipinski definition) is 1. The second kappa shape index (κ2) is 4.30. The first-order chi connectivity index (χ1) is 6.13. The number of anilines is 1. The summed E-state index contributed by atoms with van der Waals surface area (Å²) in [5.41, 5.74) is 2.23. The van der Waals surface area contributed by atoms with E-state index in [0.29, 0.717) is 0 Å². The summed E-state index contributed by atoms with van der Waals surface area (Å²) in [4.78, 5) is 0. The van der Waals surface area contributed by atoms with Crippen LogP contribution in [0.2, 0.25) is 0 Å². The van der Waals surface area contributed by atoms with Gasteiger partial charge in [0, 0.05) is 19.8 Å². The topological polar surface area (TPSA) is 29.9 Å². The monoisotopic (exact) mass is 181 g/mol. The van der Waals surface area contributed by atoms with Crippen molar-refractivity contribution in [2.75, 3.05) is 11.9 Å². The van der Waals surface area contributed by atoms with Gasteiger partial charge in [-0.1, -0.05) is 20.3 Å². The van der Waals surface area contributed by atoms with Gasteiger partial charge in [0.1, 0.15) is 0 Å². The van der Waals surface area contributed by atoms with Crippen LogP contribution in [0.5, 0.6) is 0 Å². The van der Waals surface area contributed by atoms with Crippen LogP contribution in [0.4, 0.5) is 5.69 Å². The van der Waals surface area contributed by atoms with Crippen LogP contribution in [0.25, 0.3) is 0 Å². The first-order valence-corrected chi connectivity index (χ1v) is 4.87. The van der Waals surface area contributed by atoms with Gasteiger partial charge in [-0.3, -0.25) is 4.68 Å². The van der Waals surface area contributed by atoms with Gasteiger partial charge in [-0.25, -0.2) is 0 Å². The molecule has 0 saturated heterocycles. The molecule has 0 aromatic carbocycles. The van der Waals surface area contributed by atoms with Crippen molar-refractivity contribution < 1.29 is 0 Å². The van der Waals surface area contributed by atoms with Crippen LogP contribution in [-0.2, 0) is 7.05 Å². The molecule has 13 heavy (non-hydrogen) atoms. The molecular formula is C10H19N3. The average Bonchev–Trinajstić information content (AvgIpc) is 2.41. The quantitative estimate of drug-likeness (QED) is 0.771. The second-order valence-electron chi connectivity index (χ2n) is 3.70. The van der Waals surface area contributed by atoms with Gasteiger partial charge < -0.3 is 5.32 Å². The highest BCUT2D eigenvalue weighted by molar-refractivity contribution is 5.45. The summed E-state index contributed by atoms with van der Waals surface area (Å²) in [5, 5.41) is 7.67. The highest BCUT2D eigenvalue weighted by Crippen LogP contribution is 2.12. The molecule has 0 aliphatic heterocycles. The third-order valence-corrected chi connectivity index (χ3v) is 2.35. The lowest BCUT2D eigenvalue weighted by atomic mass is 10.1. The van der Waals surface area contributed by atoms with E-state index >= 15 is 0 Å². The standard InChI is InChI=1S/C10H19N3/c1-5-8(2)6-11-10-7-13(4)12-9(10)3/h7-8,11H,5-6H2,1-4H3. The van der Waals surface area contributed by atoms with E-state index in [-0.39, 0.29) is 0 Å². The molecule has 1 unspecified atom stereocenters. The van der Waals surface area contributed by atoms with Gasteiger partial charge in [0.15, 0.2) is 0 Å². The van der Waals surface area contributed by atoms with Crippen LogP contribution in [0.3, 0.4) is 0 Å². The van der Waals surface area contributed by atoms with Gasteiger partial charge in [0.25, 0.3) is 0 Å². The maximum absolute atomic E-state index is 4.27. The summed E-state index contributed by atoms with van der Waals surface area (Å²) in [5.74, 6) is 0.722. The van der Waals surface area contributed by atoms with Crippen molar-refractivity contribution >= 4 is 5.69 Å². The predicted octanol–water partition coefficient (Wildman–Crippen LogP) is 2.19. The summed E-state index contributed by atoms with van der Waals surface area (Å²) >= 11 is 0. The van der Waals surface area contributed by atoms with E-state index in [9.17, 15) is 0 Å². The molecule has 0 spiro atoms. The van der Waals surface area contributed by atoms with Gasteiger partial charge in [-0.05, 0) is 12.8 Å². The van der Waals surface area contributed by atoms with Crippen LogP contribution in [0.1, 0.15) is 26.0 Å². The molecule has 1 N–H and O–H groups in total. The largest absolute Gasteiger partial charge is 0.382 e. The van der Waals surface area contributed by atoms with E-state index in [0.717, 1.165) is 23.8 Å². The zero-order valence-corrected chi connectivity index (χ0v) is 8.96. The molecule has 74 valence electrons. The molecule has 0 saturated carbocycles. The third-order valence-electron chi connectivity index (χ3n) is 2.35. The normalized spacial score (nSPS) is 12.9.